The molecule has 0 unspecified atom stereocenters. The van der Waals surface area contributed by atoms with E-state index in [4.69, 9.17) is 9.47 Å². The summed E-state index contributed by atoms with van der Waals surface area (Å²) < 4.78 is 10.7. The van der Waals surface area contributed by atoms with Gasteiger partial charge in [0.1, 0.15) is 5.75 Å². The van der Waals surface area contributed by atoms with Crippen molar-refractivity contribution in [2.45, 2.75) is 20.0 Å². The molecule has 0 bridgehead atoms. The number of fused-ring (bicyclic) bond motifs is 1. The Labute approximate surface area is 151 Å². The molecule has 3 heterocycles. The highest BCUT2D eigenvalue weighted by Crippen LogP contribution is 2.26. The second-order valence-electron chi connectivity index (χ2n) is 5.72. The molecule has 2 amide bonds. The van der Waals surface area contributed by atoms with Gasteiger partial charge in [0.15, 0.2) is 6.61 Å². The van der Waals surface area contributed by atoms with Crippen molar-refractivity contribution in [3.8, 4) is 11.6 Å². The van der Waals surface area contributed by atoms with Crippen LogP contribution in [0, 0.1) is 0 Å². The number of nitrogens with one attached hydrogen (secondary N) is 1. The maximum atomic E-state index is 12.3. The highest BCUT2D eigenvalue weighted by molar-refractivity contribution is 5.98. The average molecular weight is 356 g/mol. The van der Waals surface area contributed by atoms with Gasteiger partial charge in [0, 0.05) is 24.8 Å². The molecule has 8 nitrogen and oxygen atoms in total. The van der Waals surface area contributed by atoms with Gasteiger partial charge in [-0.2, -0.15) is 0 Å². The van der Waals surface area contributed by atoms with E-state index in [1.54, 1.807) is 29.3 Å². The minimum absolute atomic E-state index is 0.0508. The van der Waals surface area contributed by atoms with Gasteiger partial charge >= 0.3 is 0 Å². The summed E-state index contributed by atoms with van der Waals surface area (Å²) in [7, 11) is 1.51. The van der Waals surface area contributed by atoms with E-state index >= 15 is 0 Å². The van der Waals surface area contributed by atoms with Crippen LogP contribution >= 0.6 is 0 Å². The molecule has 0 saturated heterocycles. The molecule has 3 rings (SSSR count). The quantitative estimate of drug-likeness (QED) is 0.800. The van der Waals surface area contributed by atoms with E-state index < -0.39 is 0 Å². The number of carbonyl (C=O) groups excluding carboxylic acids is 2. The van der Waals surface area contributed by atoms with Crippen LogP contribution in [-0.2, 0) is 17.9 Å². The van der Waals surface area contributed by atoms with Gasteiger partial charge < -0.3 is 19.7 Å². The number of pyridine rings is 2. The van der Waals surface area contributed by atoms with Crippen LogP contribution in [0.4, 0.5) is 0 Å². The van der Waals surface area contributed by atoms with Gasteiger partial charge in [-0.1, -0.05) is 0 Å². The fraction of sp³-hybridized carbons (Fsp3) is 0.333. The Morgan fingerprint density at radius 2 is 2.27 bits per heavy atom. The van der Waals surface area contributed by atoms with Crippen molar-refractivity contribution in [1.29, 1.82) is 0 Å². The van der Waals surface area contributed by atoms with E-state index in [1.807, 2.05) is 6.92 Å². The number of hydrogen-bond donors (Lipinski definition) is 1. The number of amides is 2. The van der Waals surface area contributed by atoms with E-state index in [1.165, 1.54) is 13.3 Å². The van der Waals surface area contributed by atoms with Crippen LogP contribution < -0.4 is 14.8 Å². The molecule has 1 aliphatic rings. The highest BCUT2D eigenvalue weighted by Gasteiger charge is 2.29. The lowest BCUT2D eigenvalue weighted by Crippen LogP contribution is -2.28. The average Bonchev–Trinajstić information content (AvgIpc) is 2.99. The van der Waals surface area contributed by atoms with Crippen LogP contribution in [-0.4, -0.2) is 46.9 Å². The highest BCUT2D eigenvalue weighted by atomic mass is 16.5. The Bertz CT molecular complexity index is 810. The first-order valence-electron chi connectivity index (χ1n) is 8.28. The summed E-state index contributed by atoms with van der Waals surface area (Å²) in [5.74, 6) is 0.579. The maximum absolute atomic E-state index is 12.3. The number of hydrogen-bond acceptors (Lipinski definition) is 6. The van der Waals surface area contributed by atoms with Crippen molar-refractivity contribution in [2.75, 3.05) is 20.3 Å². The number of aromatic nitrogens is 2. The summed E-state index contributed by atoms with van der Waals surface area (Å²) in [5, 5.41) is 2.75. The monoisotopic (exact) mass is 356 g/mol. The standard InChI is InChI=1S/C18H20N4O4/c1-3-22-10-15-14(18(22)24)7-12(17(21-15)25-2)8-20-16(23)11-26-13-5-4-6-19-9-13/h4-7,9H,3,8,10-11H2,1-2H3,(H,20,23). The first-order chi connectivity index (χ1) is 12.6. The minimum Gasteiger partial charge on any atom is -0.482 e. The zero-order valence-corrected chi connectivity index (χ0v) is 14.7. The van der Waals surface area contributed by atoms with Gasteiger partial charge in [-0.05, 0) is 25.1 Å². The van der Waals surface area contributed by atoms with Gasteiger partial charge in [0.2, 0.25) is 5.88 Å². The normalized spacial score (nSPS) is 12.7. The van der Waals surface area contributed by atoms with E-state index in [2.05, 4.69) is 15.3 Å². The third kappa shape index (κ3) is 3.74. The minimum atomic E-state index is -0.294. The van der Waals surface area contributed by atoms with Crippen LogP contribution in [0.2, 0.25) is 0 Å². The molecule has 2 aromatic heterocycles. The summed E-state index contributed by atoms with van der Waals surface area (Å²) in [5.41, 5.74) is 1.90. The lowest BCUT2D eigenvalue weighted by atomic mass is 10.1. The molecule has 0 aliphatic carbocycles. The summed E-state index contributed by atoms with van der Waals surface area (Å²) in [6, 6.07) is 5.19. The van der Waals surface area contributed by atoms with Gasteiger partial charge in [-0.3, -0.25) is 14.6 Å². The van der Waals surface area contributed by atoms with Crippen LogP contribution in [0.15, 0.2) is 30.6 Å². The SMILES string of the molecule is CCN1Cc2nc(OC)c(CNC(=O)COc3cccnc3)cc2C1=O. The second-order valence-corrected chi connectivity index (χ2v) is 5.72. The molecule has 0 aromatic carbocycles. The van der Waals surface area contributed by atoms with Crippen molar-refractivity contribution < 1.29 is 19.1 Å². The molecular weight excluding hydrogens is 336 g/mol. The molecule has 1 aliphatic heterocycles. The van der Waals surface area contributed by atoms with Crippen molar-refractivity contribution in [3.05, 3.63) is 47.4 Å². The lowest BCUT2D eigenvalue weighted by molar-refractivity contribution is -0.123. The van der Waals surface area contributed by atoms with Crippen molar-refractivity contribution >= 4 is 11.8 Å². The largest absolute Gasteiger partial charge is 0.482 e. The molecular formula is C18H20N4O4. The zero-order chi connectivity index (χ0) is 18.5. The fourth-order valence-corrected chi connectivity index (χ4v) is 2.69. The molecule has 0 spiro atoms. The van der Waals surface area contributed by atoms with Crippen LogP contribution in [0.3, 0.4) is 0 Å². The Morgan fingerprint density at radius 1 is 1.42 bits per heavy atom. The summed E-state index contributed by atoms with van der Waals surface area (Å²) >= 11 is 0. The number of methoxy groups -OCH3 is 1. The molecule has 8 heteroatoms. The molecule has 2 aromatic rings. The summed E-state index contributed by atoms with van der Waals surface area (Å²) in [6.07, 6.45) is 3.16. The summed E-state index contributed by atoms with van der Waals surface area (Å²) in [6.45, 7) is 3.08. The van der Waals surface area contributed by atoms with Gasteiger partial charge in [0.25, 0.3) is 11.8 Å². The Hall–Kier alpha value is -3.16. The predicted molar refractivity (Wildman–Crippen MR) is 92.8 cm³/mol. The van der Waals surface area contributed by atoms with Crippen LogP contribution in [0.1, 0.15) is 28.5 Å². The van der Waals surface area contributed by atoms with E-state index in [-0.39, 0.29) is 25.0 Å². The smallest absolute Gasteiger partial charge is 0.258 e. The first kappa shape index (κ1) is 17.7. The number of ether oxygens (including phenoxy) is 2. The third-order valence-corrected chi connectivity index (χ3v) is 4.05. The molecule has 0 saturated carbocycles. The molecule has 26 heavy (non-hydrogen) atoms. The topological polar surface area (TPSA) is 93.7 Å². The first-order valence-corrected chi connectivity index (χ1v) is 8.28. The van der Waals surface area contributed by atoms with E-state index in [0.29, 0.717) is 41.5 Å². The van der Waals surface area contributed by atoms with Crippen LogP contribution in [0.25, 0.3) is 0 Å². The van der Waals surface area contributed by atoms with Crippen LogP contribution in [0.5, 0.6) is 11.6 Å². The van der Waals surface area contributed by atoms with Gasteiger partial charge in [-0.15, -0.1) is 0 Å². The van der Waals surface area contributed by atoms with Gasteiger partial charge in [0.05, 0.1) is 31.1 Å². The van der Waals surface area contributed by atoms with Crippen molar-refractivity contribution in [2.24, 2.45) is 0 Å². The van der Waals surface area contributed by atoms with Gasteiger partial charge in [-0.25, -0.2) is 4.98 Å². The Morgan fingerprint density at radius 3 is 2.96 bits per heavy atom. The Kier molecular flexibility index (Phi) is 5.31. The lowest BCUT2D eigenvalue weighted by Gasteiger charge is -2.11. The molecule has 1 N–H and O–H groups in total. The Balaban J connectivity index is 1.63. The maximum Gasteiger partial charge on any atom is 0.258 e. The number of rotatable bonds is 7. The zero-order valence-electron chi connectivity index (χ0n) is 14.7. The fourth-order valence-electron chi connectivity index (χ4n) is 2.69. The third-order valence-electron chi connectivity index (χ3n) is 4.05. The molecule has 136 valence electrons. The molecule has 0 atom stereocenters. The van der Waals surface area contributed by atoms with Crippen molar-refractivity contribution in [3.63, 3.8) is 0 Å². The van der Waals surface area contributed by atoms with Crippen molar-refractivity contribution in [1.82, 2.24) is 20.2 Å². The predicted octanol–water partition coefficient (Wildman–Crippen LogP) is 1.16. The second kappa shape index (κ2) is 7.81. The number of nitrogens with zero attached hydrogens (tertiary/aromatic N) is 3. The molecule has 0 fully saturated rings. The van der Waals surface area contributed by atoms with E-state index in [0.717, 1.165) is 0 Å². The molecule has 0 radical (unpaired) electrons. The van der Waals surface area contributed by atoms with E-state index in [9.17, 15) is 9.59 Å². The summed E-state index contributed by atoms with van der Waals surface area (Å²) in [4.78, 5) is 34.3. The number of carbonyl (C=O) groups is 2.